The summed E-state index contributed by atoms with van der Waals surface area (Å²) in [4.78, 5) is 23.6. The van der Waals surface area contributed by atoms with Crippen molar-refractivity contribution in [2.75, 3.05) is 20.1 Å². The number of nitrogens with one attached hydrogen (secondary N) is 1. The van der Waals surface area contributed by atoms with Gasteiger partial charge in [-0.2, -0.15) is 0 Å². The number of primary amides is 1. The summed E-state index contributed by atoms with van der Waals surface area (Å²) in [6.07, 6.45) is 0. The molecule has 1 atom stereocenters. The average Bonchev–Trinajstić information content (AvgIpc) is 2.00. The van der Waals surface area contributed by atoms with E-state index in [4.69, 9.17) is 23.7 Å². The summed E-state index contributed by atoms with van der Waals surface area (Å²) in [6.45, 7) is 2.50. The highest BCUT2D eigenvalue weighted by Gasteiger charge is 2.12. The molecule has 0 saturated heterocycles. The lowest BCUT2D eigenvalue weighted by atomic mass is 10.2. The number of imide groups is 1. The fourth-order valence-corrected chi connectivity index (χ4v) is 1.12. The number of carbonyl (C=O) groups excluding carboxylic acids is 2. The molecule has 0 aromatic heterocycles. The first-order chi connectivity index (χ1) is 6.82. The second-order valence-electron chi connectivity index (χ2n) is 3.41. The molecule has 0 aromatic carbocycles. The van der Waals surface area contributed by atoms with Gasteiger partial charge in [0.25, 0.3) is 0 Å². The maximum atomic E-state index is 11.1. The van der Waals surface area contributed by atoms with E-state index in [0.717, 1.165) is 0 Å². The van der Waals surface area contributed by atoms with Crippen molar-refractivity contribution in [3.63, 3.8) is 0 Å². The standard InChI is InChI=1S/C8H16N4O2S/c1-5(7(9)15)3-12(2)4-6(13)11-8(10)14/h5H,3-4H2,1-2H3,(H2,9,15)(H3,10,11,13,14). The van der Waals surface area contributed by atoms with Gasteiger partial charge in [0.15, 0.2) is 0 Å². The zero-order chi connectivity index (χ0) is 12.0. The summed E-state index contributed by atoms with van der Waals surface area (Å²) >= 11 is 4.80. The molecule has 5 N–H and O–H groups in total. The zero-order valence-electron chi connectivity index (χ0n) is 8.82. The summed E-state index contributed by atoms with van der Waals surface area (Å²) in [6, 6.07) is -0.851. The molecule has 0 rings (SSSR count). The molecular formula is C8H16N4O2S. The number of likely N-dealkylation sites (N-methyl/N-ethyl adjacent to an activating group) is 1. The molecule has 0 aliphatic heterocycles. The predicted octanol–water partition coefficient (Wildman–Crippen LogP) is -0.965. The lowest BCUT2D eigenvalue weighted by Gasteiger charge is -2.19. The van der Waals surface area contributed by atoms with Crippen molar-refractivity contribution in [1.82, 2.24) is 10.2 Å². The average molecular weight is 232 g/mol. The Hall–Kier alpha value is -1.21. The molecular weight excluding hydrogens is 216 g/mol. The van der Waals surface area contributed by atoms with Crippen molar-refractivity contribution in [3.8, 4) is 0 Å². The first kappa shape index (κ1) is 13.8. The van der Waals surface area contributed by atoms with Gasteiger partial charge in [-0.25, -0.2) is 4.79 Å². The third-order valence-corrected chi connectivity index (χ3v) is 2.15. The Morgan fingerprint density at radius 2 is 2.00 bits per heavy atom. The number of urea groups is 1. The maximum absolute atomic E-state index is 11.1. The highest BCUT2D eigenvalue weighted by molar-refractivity contribution is 7.80. The van der Waals surface area contributed by atoms with Crippen molar-refractivity contribution in [1.29, 1.82) is 0 Å². The number of thiocarbonyl (C=S) groups is 1. The minimum atomic E-state index is -0.851. The van der Waals surface area contributed by atoms with E-state index in [1.54, 1.807) is 11.9 Å². The molecule has 0 aromatic rings. The van der Waals surface area contributed by atoms with E-state index in [1.165, 1.54) is 0 Å². The van der Waals surface area contributed by atoms with Crippen LogP contribution in [0.15, 0.2) is 0 Å². The number of amides is 3. The number of rotatable bonds is 5. The van der Waals surface area contributed by atoms with Gasteiger partial charge in [0, 0.05) is 12.5 Å². The molecule has 15 heavy (non-hydrogen) atoms. The van der Waals surface area contributed by atoms with E-state index < -0.39 is 11.9 Å². The molecule has 86 valence electrons. The van der Waals surface area contributed by atoms with Gasteiger partial charge >= 0.3 is 6.03 Å². The van der Waals surface area contributed by atoms with E-state index in [-0.39, 0.29) is 12.5 Å². The van der Waals surface area contributed by atoms with Gasteiger partial charge < -0.3 is 11.5 Å². The Labute approximate surface area is 94.0 Å². The molecule has 7 heteroatoms. The summed E-state index contributed by atoms with van der Waals surface area (Å²) in [7, 11) is 1.73. The van der Waals surface area contributed by atoms with Crippen molar-refractivity contribution in [3.05, 3.63) is 0 Å². The minimum absolute atomic E-state index is 0.0198. The number of nitrogens with two attached hydrogens (primary N) is 2. The second-order valence-corrected chi connectivity index (χ2v) is 3.88. The van der Waals surface area contributed by atoms with E-state index in [1.807, 2.05) is 12.2 Å². The van der Waals surface area contributed by atoms with E-state index >= 15 is 0 Å². The molecule has 0 heterocycles. The van der Waals surface area contributed by atoms with Crippen LogP contribution in [0.1, 0.15) is 6.92 Å². The summed E-state index contributed by atoms with van der Waals surface area (Å²) in [5, 5.41) is 1.97. The van der Waals surface area contributed by atoms with Gasteiger partial charge in [0.2, 0.25) is 5.91 Å². The van der Waals surface area contributed by atoms with Crippen molar-refractivity contribution >= 4 is 29.1 Å². The van der Waals surface area contributed by atoms with Crippen LogP contribution in [0.2, 0.25) is 0 Å². The summed E-state index contributed by atoms with van der Waals surface area (Å²) in [5.74, 6) is -0.425. The highest BCUT2D eigenvalue weighted by Crippen LogP contribution is 1.97. The minimum Gasteiger partial charge on any atom is -0.393 e. The topological polar surface area (TPSA) is 101 Å². The maximum Gasteiger partial charge on any atom is 0.318 e. The normalized spacial score (nSPS) is 12.2. The molecule has 0 aliphatic carbocycles. The van der Waals surface area contributed by atoms with Crippen LogP contribution in [-0.2, 0) is 4.79 Å². The van der Waals surface area contributed by atoms with E-state index in [9.17, 15) is 9.59 Å². The van der Waals surface area contributed by atoms with Gasteiger partial charge in [-0.3, -0.25) is 15.0 Å². The van der Waals surface area contributed by atoms with E-state index in [2.05, 4.69) is 0 Å². The highest BCUT2D eigenvalue weighted by atomic mass is 32.1. The van der Waals surface area contributed by atoms with Crippen molar-refractivity contribution in [2.24, 2.45) is 17.4 Å². The molecule has 1 unspecified atom stereocenters. The van der Waals surface area contributed by atoms with Crippen LogP contribution in [0, 0.1) is 5.92 Å². The third-order valence-electron chi connectivity index (χ3n) is 1.75. The van der Waals surface area contributed by atoms with E-state index in [0.29, 0.717) is 11.5 Å². The Balaban J connectivity index is 3.92. The van der Waals surface area contributed by atoms with Crippen molar-refractivity contribution in [2.45, 2.75) is 6.92 Å². The number of hydrogen-bond acceptors (Lipinski definition) is 4. The van der Waals surface area contributed by atoms with Crippen LogP contribution < -0.4 is 16.8 Å². The largest absolute Gasteiger partial charge is 0.393 e. The fraction of sp³-hybridized carbons (Fsp3) is 0.625. The molecule has 0 bridgehead atoms. The van der Waals surface area contributed by atoms with Crippen molar-refractivity contribution < 1.29 is 9.59 Å². The Morgan fingerprint density at radius 1 is 1.47 bits per heavy atom. The third kappa shape index (κ3) is 6.81. The van der Waals surface area contributed by atoms with Gasteiger partial charge in [-0.05, 0) is 7.05 Å². The Morgan fingerprint density at radius 3 is 2.40 bits per heavy atom. The molecule has 0 aliphatic rings. The lowest BCUT2D eigenvalue weighted by Crippen LogP contribution is -2.43. The molecule has 0 radical (unpaired) electrons. The van der Waals surface area contributed by atoms with Crippen LogP contribution in [0.3, 0.4) is 0 Å². The zero-order valence-corrected chi connectivity index (χ0v) is 9.63. The first-order valence-corrected chi connectivity index (χ1v) is 4.81. The molecule has 3 amide bonds. The summed E-state index contributed by atoms with van der Waals surface area (Å²) < 4.78 is 0. The summed E-state index contributed by atoms with van der Waals surface area (Å²) in [5.41, 5.74) is 10.2. The predicted molar refractivity (Wildman–Crippen MR) is 61.2 cm³/mol. The van der Waals surface area contributed by atoms with Gasteiger partial charge in [-0.1, -0.05) is 19.1 Å². The Bertz CT molecular complexity index is 269. The molecule has 0 fully saturated rings. The number of hydrogen-bond donors (Lipinski definition) is 3. The number of carbonyl (C=O) groups is 2. The SMILES string of the molecule is CC(CN(C)CC(=O)NC(N)=O)C(N)=S. The fourth-order valence-electron chi connectivity index (χ4n) is 1.04. The molecule has 0 saturated carbocycles. The van der Waals surface area contributed by atoms with Gasteiger partial charge in [0.1, 0.15) is 0 Å². The first-order valence-electron chi connectivity index (χ1n) is 4.40. The van der Waals surface area contributed by atoms with Crippen LogP contribution in [0.4, 0.5) is 4.79 Å². The van der Waals surface area contributed by atoms with Crippen LogP contribution in [0.5, 0.6) is 0 Å². The number of nitrogens with zero attached hydrogens (tertiary/aromatic N) is 1. The smallest absolute Gasteiger partial charge is 0.318 e. The van der Waals surface area contributed by atoms with Gasteiger partial charge in [0.05, 0.1) is 11.5 Å². The molecule has 6 nitrogen and oxygen atoms in total. The van der Waals surface area contributed by atoms with Crippen LogP contribution in [-0.4, -0.2) is 42.0 Å². The second kappa shape index (κ2) is 6.31. The lowest BCUT2D eigenvalue weighted by molar-refractivity contribution is -0.120. The Kier molecular flexibility index (Phi) is 5.80. The monoisotopic (exact) mass is 232 g/mol. The van der Waals surface area contributed by atoms with Gasteiger partial charge in [-0.15, -0.1) is 0 Å². The quantitative estimate of drug-likeness (QED) is 0.530. The molecule has 0 spiro atoms. The van der Waals surface area contributed by atoms with Crippen LogP contribution in [0.25, 0.3) is 0 Å². The van der Waals surface area contributed by atoms with Crippen LogP contribution >= 0.6 is 12.2 Å².